The van der Waals surface area contributed by atoms with E-state index in [1.165, 1.54) is 32.1 Å². The molecule has 1 N–H and O–H groups in total. The van der Waals surface area contributed by atoms with E-state index in [0.717, 1.165) is 12.8 Å². The monoisotopic (exact) mass is 262 g/mol. The molecule has 1 saturated carbocycles. The highest BCUT2D eigenvalue weighted by Gasteiger charge is 2.36. The molecule has 0 amide bonds. The standard InChI is InChI=1S/C15H28F2O/c1-2-3-4-5-6-7-8-14(18)13-9-11-15(16,17)12-10-13/h13-14,18H,2-12H2,1H3. The third-order valence-corrected chi connectivity index (χ3v) is 4.16. The quantitative estimate of drug-likeness (QED) is 0.615. The van der Waals surface area contributed by atoms with Crippen molar-refractivity contribution >= 4 is 0 Å². The van der Waals surface area contributed by atoms with Gasteiger partial charge in [0.2, 0.25) is 5.92 Å². The van der Waals surface area contributed by atoms with Crippen molar-refractivity contribution in [3.8, 4) is 0 Å². The molecule has 0 spiro atoms. The van der Waals surface area contributed by atoms with E-state index in [9.17, 15) is 13.9 Å². The number of unbranched alkanes of at least 4 members (excludes halogenated alkanes) is 5. The molecule has 0 bridgehead atoms. The molecule has 0 heterocycles. The zero-order chi connectivity index (χ0) is 13.4. The first-order valence-corrected chi connectivity index (χ1v) is 7.61. The van der Waals surface area contributed by atoms with E-state index >= 15 is 0 Å². The average molecular weight is 262 g/mol. The summed E-state index contributed by atoms with van der Waals surface area (Å²) < 4.78 is 26.0. The van der Waals surface area contributed by atoms with Gasteiger partial charge in [-0.25, -0.2) is 8.78 Å². The SMILES string of the molecule is CCCCCCCCC(O)C1CCC(F)(F)CC1. The predicted octanol–water partition coefficient (Wildman–Crippen LogP) is 4.92. The third kappa shape index (κ3) is 6.12. The van der Waals surface area contributed by atoms with Gasteiger partial charge in [-0.15, -0.1) is 0 Å². The lowest BCUT2D eigenvalue weighted by Crippen LogP contribution is -2.31. The van der Waals surface area contributed by atoms with Crippen LogP contribution < -0.4 is 0 Å². The second kappa shape index (κ2) is 8.08. The number of halogens is 2. The molecule has 108 valence electrons. The number of hydrogen-bond donors (Lipinski definition) is 1. The van der Waals surface area contributed by atoms with Crippen molar-refractivity contribution in [2.45, 2.75) is 89.6 Å². The Labute approximate surface area is 110 Å². The third-order valence-electron chi connectivity index (χ3n) is 4.16. The number of alkyl halides is 2. The first-order valence-electron chi connectivity index (χ1n) is 7.61. The summed E-state index contributed by atoms with van der Waals surface area (Å²) in [5.74, 6) is -2.36. The maximum absolute atomic E-state index is 13.0. The highest BCUT2D eigenvalue weighted by atomic mass is 19.3. The Morgan fingerprint density at radius 3 is 2.22 bits per heavy atom. The second-order valence-corrected chi connectivity index (χ2v) is 5.82. The lowest BCUT2D eigenvalue weighted by atomic mass is 9.82. The fourth-order valence-electron chi connectivity index (χ4n) is 2.82. The molecule has 0 aromatic rings. The van der Waals surface area contributed by atoms with Crippen molar-refractivity contribution in [1.29, 1.82) is 0 Å². The van der Waals surface area contributed by atoms with Crippen LogP contribution in [0.2, 0.25) is 0 Å². The molecule has 1 aliphatic carbocycles. The minimum Gasteiger partial charge on any atom is -0.393 e. The summed E-state index contributed by atoms with van der Waals surface area (Å²) >= 11 is 0. The zero-order valence-electron chi connectivity index (χ0n) is 11.6. The largest absolute Gasteiger partial charge is 0.393 e. The number of aliphatic hydroxyl groups is 1. The highest BCUT2D eigenvalue weighted by molar-refractivity contribution is 4.81. The van der Waals surface area contributed by atoms with E-state index in [0.29, 0.717) is 12.8 Å². The number of hydrogen-bond acceptors (Lipinski definition) is 1. The maximum atomic E-state index is 13.0. The molecule has 0 radical (unpaired) electrons. The molecule has 3 heteroatoms. The average Bonchev–Trinajstić information content (AvgIpc) is 2.33. The van der Waals surface area contributed by atoms with Gasteiger partial charge in [0, 0.05) is 12.8 Å². The summed E-state index contributed by atoms with van der Waals surface area (Å²) in [6.07, 6.45) is 8.61. The molecule has 0 aromatic carbocycles. The highest BCUT2D eigenvalue weighted by Crippen LogP contribution is 2.38. The molecule has 1 atom stereocenters. The predicted molar refractivity (Wildman–Crippen MR) is 70.9 cm³/mol. The van der Waals surface area contributed by atoms with E-state index in [2.05, 4.69) is 6.92 Å². The van der Waals surface area contributed by atoms with E-state index in [-0.39, 0.29) is 24.9 Å². The topological polar surface area (TPSA) is 20.2 Å². The van der Waals surface area contributed by atoms with Crippen molar-refractivity contribution in [2.24, 2.45) is 5.92 Å². The van der Waals surface area contributed by atoms with Gasteiger partial charge in [-0.3, -0.25) is 0 Å². The Bertz CT molecular complexity index is 209. The van der Waals surface area contributed by atoms with Crippen molar-refractivity contribution in [3.63, 3.8) is 0 Å². The molecule has 1 unspecified atom stereocenters. The Kier molecular flexibility index (Phi) is 7.13. The molecule has 1 fully saturated rings. The van der Waals surface area contributed by atoms with E-state index < -0.39 is 5.92 Å². The van der Waals surface area contributed by atoms with Gasteiger partial charge < -0.3 is 5.11 Å². The molecule has 1 rings (SSSR count). The lowest BCUT2D eigenvalue weighted by molar-refractivity contribution is -0.0631. The molecule has 0 aromatic heterocycles. The normalized spacial score (nSPS) is 22.0. The van der Waals surface area contributed by atoms with E-state index in [1.54, 1.807) is 0 Å². The molecule has 1 aliphatic rings. The van der Waals surface area contributed by atoms with Crippen LogP contribution in [0.25, 0.3) is 0 Å². The van der Waals surface area contributed by atoms with Gasteiger partial charge in [-0.2, -0.15) is 0 Å². The van der Waals surface area contributed by atoms with Crippen LogP contribution in [-0.4, -0.2) is 17.1 Å². The molecular weight excluding hydrogens is 234 g/mol. The van der Waals surface area contributed by atoms with Crippen LogP contribution in [-0.2, 0) is 0 Å². The molecule has 18 heavy (non-hydrogen) atoms. The fraction of sp³-hybridized carbons (Fsp3) is 1.00. The summed E-state index contributed by atoms with van der Waals surface area (Å²) in [6.45, 7) is 2.20. The van der Waals surface area contributed by atoms with E-state index in [1.807, 2.05) is 0 Å². The zero-order valence-corrected chi connectivity index (χ0v) is 11.6. The van der Waals surface area contributed by atoms with Gasteiger partial charge >= 0.3 is 0 Å². The van der Waals surface area contributed by atoms with Gasteiger partial charge in [0.05, 0.1) is 6.10 Å². The van der Waals surface area contributed by atoms with Gasteiger partial charge in [-0.05, 0) is 25.2 Å². The van der Waals surface area contributed by atoms with Crippen molar-refractivity contribution in [3.05, 3.63) is 0 Å². The van der Waals surface area contributed by atoms with Crippen LogP contribution in [0.3, 0.4) is 0 Å². The van der Waals surface area contributed by atoms with Crippen LogP contribution in [0.1, 0.15) is 77.6 Å². The summed E-state index contributed by atoms with van der Waals surface area (Å²) in [7, 11) is 0. The number of rotatable bonds is 8. The van der Waals surface area contributed by atoms with Crippen LogP contribution in [0, 0.1) is 5.92 Å². The van der Waals surface area contributed by atoms with Crippen LogP contribution in [0.4, 0.5) is 8.78 Å². The van der Waals surface area contributed by atoms with Gasteiger partial charge in [0.25, 0.3) is 0 Å². The maximum Gasteiger partial charge on any atom is 0.248 e. The molecule has 1 nitrogen and oxygen atoms in total. The van der Waals surface area contributed by atoms with E-state index in [4.69, 9.17) is 0 Å². The first-order chi connectivity index (χ1) is 8.55. The Morgan fingerprint density at radius 1 is 1.06 bits per heavy atom. The van der Waals surface area contributed by atoms with Crippen LogP contribution in [0.15, 0.2) is 0 Å². The molecule has 0 saturated heterocycles. The minimum atomic E-state index is -2.48. The Morgan fingerprint density at radius 2 is 1.61 bits per heavy atom. The molecule has 0 aliphatic heterocycles. The van der Waals surface area contributed by atoms with Gasteiger partial charge in [-0.1, -0.05) is 45.4 Å². The second-order valence-electron chi connectivity index (χ2n) is 5.82. The lowest BCUT2D eigenvalue weighted by Gasteiger charge is -2.31. The summed E-state index contributed by atoms with van der Waals surface area (Å²) in [5.41, 5.74) is 0. The van der Waals surface area contributed by atoms with Crippen molar-refractivity contribution in [1.82, 2.24) is 0 Å². The summed E-state index contributed by atoms with van der Waals surface area (Å²) in [4.78, 5) is 0. The van der Waals surface area contributed by atoms with Crippen molar-refractivity contribution < 1.29 is 13.9 Å². The van der Waals surface area contributed by atoms with Crippen LogP contribution in [0.5, 0.6) is 0 Å². The van der Waals surface area contributed by atoms with Crippen LogP contribution >= 0.6 is 0 Å². The summed E-state index contributed by atoms with van der Waals surface area (Å²) in [5, 5.41) is 10.0. The van der Waals surface area contributed by atoms with Crippen molar-refractivity contribution in [2.75, 3.05) is 0 Å². The summed E-state index contributed by atoms with van der Waals surface area (Å²) in [6, 6.07) is 0. The minimum absolute atomic E-state index is 0.0365. The Balaban J connectivity index is 2.05. The first kappa shape index (κ1) is 15.9. The number of aliphatic hydroxyl groups excluding tert-OH is 1. The Hall–Kier alpha value is -0.180. The smallest absolute Gasteiger partial charge is 0.248 e. The van der Waals surface area contributed by atoms with Gasteiger partial charge in [0.1, 0.15) is 0 Å². The fourth-order valence-corrected chi connectivity index (χ4v) is 2.82. The molecular formula is C15H28F2O. The van der Waals surface area contributed by atoms with Gasteiger partial charge in [0.15, 0.2) is 0 Å².